The normalized spacial score (nSPS) is 14.7. The molecule has 1 saturated heterocycles. The van der Waals surface area contributed by atoms with Gasteiger partial charge in [0.1, 0.15) is 17.6 Å². The van der Waals surface area contributed by atoms with Crippen LogP contribution in [0.5, 0.6) is 0 Å². The fourth-order valence-corrected chi connectivity index (χ4v) is 3.20. The van der Waals surface area contributed by atoms with Gasteiger partial charge in [0.15, 0.2) is 5.78 Å². The van der Waals surface area contributed by atoms with Crippen LogP contribution >= 0.6 is 0 Å². The number of hydrogen-bond donors (Lipinski definition) is 0. The van der Waals surface area contributed by atoms with Crippen LogP contribution in [-0.2, 0) is 7.05 Å². The van der Waals surface area contributed by atoms with E-state index in [9.17, 15) is 14.9 Å². The summed E-state index contributed by atoms with van der Waals surface area (Å²) in [5, 5.41) is 9.27. The molecule has 0 spiro atoms. The second-order valence-corrected chi connectivity index (χ2v) is 6.40. The Morgan fingerprint density at radius 1 is 1.23 bits per heavy atom. The Morgan fingerprint density at radius 3 is 2.73 bits per heavy atom. The van der Waals surface area contributed by atoms with Gasteiger partial charge in [-0.1, -0.05) is 0 Å². The van der Waals surface area contributed by atoms with Gasteiger partial charge in [-0.15, -0.1) is 0 Å². The van der Waals surface area contributed by atoms with Crippen LogP contribution in [0, 0.1) is 11.3 Å². The zero-order valence-electron chi connectivity index (χ0n) is 15.0. The summed E-state index contributed by atoms with van der Waals surface area (Å²) in [4.78, 5) is 32.6. The van der Waals surface area contributed by atoms with Gasteiger partial charge in [0.05, 0.1) is 5.56 Å². The van der Waals surface area contributed by atoms with Crippen molar-refractivity contribution in [3.05, 3.63) is 47.4 Å². The number of pyridine rings is 1. The van der Waals surface area contributed by atoms with Crippen LogP contribution in [0.2, 0.25) is 0 Å². The van der Waals surface area contributed by atoms with Crippen molar-refractivity contribution in [2.75, 3.05) is 31.1 Å². The second-order valence-electron chi connectivity index (χ2n) is 6.40. The quantitative estimate of drug-likeness (QED) is 0.788. The third-order valence-corrected chi connectivity index (χ3v) is 4.62. The SMILES string of the molecule is CC(=O)c1cc(C(=O)N2CCCN(c3ncccc3C#N)CC2)n(C)c1. The Kier molecular flexibility index (Phi) is 5.03. The monoisotopic (exact) mass is 351 g/mol. The van der Waals surface area contributed by atoms with E-state index in [0.29, 0.717) is 42.3 Å². The van der Waals surface area contributed by atoms with E-state index < -0.39 is 0 Å². The van der Waals surface area contributed by atoms with Crippen molar-refractivity contribution in [2.24, 2.45) is 7.05 Å². The lowest BCUT2D eigenvalue weighted by Crippen LogP contribution is -2.36. The first-order chi connectivity index (χ1) is 12.5. The lowest BCUT2D eigenvalue weighted by atomic mass is 10.2. The Balaban J connectivity index is 1.75. The molecule has 0 aliphatic carbocycles. The topological polar surface area (TPSA) is 82.2 Å². The Labute approximate surface area is 152 Å². The molecule has 7 heteroatoms. The first-order valence-corrected chi connectivity index (χ1v) is 8.58. The Bertz CT molecular complexity index is 880. The van der Waals surface area contributed by atoms with Gasteiger partial charge >= 0.3 is 0 Å². The van der Waals surface area contributed by atoms with E-state index in [4.69, 9.17) is 0 Å². The first kappa shape index (κ1) is 17.7. The molecule has 0 bridgehead atoms. The van der Waals surface area contributed by atoms with Crippen LogP contribution < -0.4 is 4.90 Å². The van der Waals surface area contributed by atoms with Crippen molar-refractivity contribution in [1.29, 1.82) is 5.26 Å². The maximum atomic E-state index is 12.9. The molecule has 1 aliphatic heterocycles. The minimum Gasteiger partial charge on any atom is -0.354 e. The maximum Gasteiger partial charge on any atom is 0.270 e. The number of amides is 1. The third kappa shape index (κ3) is 3.45. The van der Waals surface area contributed by atoms with Crippen molar-refractivity contribution in [3.63, 3.8) is 0 Å². The van der Waals surface area contributed by atoms with E-state index in [0.717, 1.165) is 13.0 Å². The molecule has 3 heterocycles. The number of nitrogens with zero attached hydrogens (tertiary/aromatic N) is 5. The number of carbonyl (C=O) groups is 2. The number of carbonyl (C=O) groups excluding carboxylic acids is 2. The molecule has 0 N–H and O–H groups in total. The number of anilines is 1. The fourth-order valence-electron chi connectivity index (χ4n) is 3.20. The van der Waals surface area contributed by atoms with Gasteiger partial charge in [-0.05, 0) is 31.5 Å². The minimum atomic E-state index is -0.0802. The maximum absolute atomic E-state index is 12.9. The lowest BCUT2D eigenvalue weighted by Gasteiger charge is -2.23. The van der Waals surface area contributed by atoms with Gasteiger partial charge in [-0.3, -0.25) is 9.59 Å². The summed E-state index contributed by atoms with van der Waals surface area (Å²) in [6.07, 6.45) is 4.15. The Morgan fingerprint density at radius 2 is 2.04 bits per heavy atom. The molecule has 26 heavy (non-hydrogen) atoms. The number of ketones is 1. The van der Waals surface area contributed by atoms with Crippen molar-refractivity contribution >= 4 is 17.5 Å². The summed E-state index contributed by atoms with van der Waals surface area (Å²) in [5.41, 5.74) is 1.60. The number of aryl methyl sites for hydroxylation is 1. The van der Waals surface area contributed by atoms with Gasteiger partial charge in [-0.2, -0.15) is 5.26 Å². The van der Waals surface area contributed by atoms with Gasteiger partial charge < -0.3 is 14.4 Å². The molecule has 0 radical (unpaired) electrons. The van der Waals surface area contributed by atoms with E-state index in [1.165, 1.54) is 6.92 Å². The highest BCUT2D eigenvalue weighted by Crippen LogP contribution is 2.19. The minimum absolute atomic E-state index is 0.0547. The molecule has 0 atom stereocenters. The molecule has 3 rings (SSSR count). The summed E-state index contributed by atoms with van der Waals surface area (Å²) in [7, 11) is 1.77. The lowest BCUT2D eigenvalue weighted by molar-refractivity contribution is 0.0757. The first-order valence-electron chi connectivity index (χ1n) is 8.58. The molecular weight excluding hydrogens is 330 g/mol. The van der Waals surface area contributed by atoms with Crippen LogP contribution in [0.15, 0.2) is 30.6 Å². The average molecular weight is 351 g/mol. The molecule has 0 aromatic carbocycles. The molecule has 1 aliphatic rings. The standard InChI is InChI=1S/C19H21N5O2/c1-14(25)16-11-17(22(2)13-16)19(26)24-8-4-7-23(9-10-24)18-15(12-20)5-3-6-21-18/h3,5-6,11,13H,4,7-10H2,1-2H3. The molecule has 2 aromatic rings. The zero-order valence-corrected chi connectivity index (χ0v) is 15.0. The van der Waals surface area contributed by atoms with Crippen LogP contribution in [0.1, 0.15) is 39.8 Å². The van der Waals surface area contributed by atoms with E-state index >= 15 is 0 Å². The van der Waals surface area contributed by atoms with Crippen molar-refractivity contribution < 1.29 is 9.59 Å². The summed E-state index contributed by atoms with van der Waals surface area (Å²) in [6, 6.07) is 7.33. The highest BCUT2D eigenvalue weighted by molar-refractivity contribution is 5.99. The summed E-state index contributed by atoms with van der Waals surface area (Å²) >= 11 is 0. The molecule has 0 saturated carbocycles. The number of Topliss-reactive ketones (excluding diaryl/α,β-unsaturated/α-hetero) is 1. The largest absolute Gasteiger partial charge is 0.354 e. The number of nitriles is 1. The van der Waals surface area contributed by atoms with Gasteiger partial charge in [-0.25, -0.2) is 4.98 Å². The van der Waals surface area contributed by atoms with E-state index in [2.05, 4.69) is 16.0 Å². The molecule has 2 aromatic heterocycles. The molecular formula is C19H21N5O2. The summed E-state index contributed by atoms with van der Waals surface area (Å²) in [6.45, 7) is 4.02. The highest BCUT2D eigenvalue weighted by Gasteiger charge is 2.24. The van der Waals surface area contributed by atoms with Crippen LogP contribution in [0.25, 0.3) is 0 Å². The van der Waals surface area contributed by atoms with Crippen molar-refractivity contribution in [3.8, 4) is 6.07 Å². The smallest absolute Gasteiger partial charge is 0.270 e. The van der Waals surface area contributed by atoms with E-state index in [1.54, 1.807) is 47.1 Å². The number of rotatable bonds is 3. The van der Waals surface area contributed by atoms with E-state index in [-0.39, 0.29) is 11.7 Å². The molecule has 1 amide bonds. The summed E-state index contributed by atoms with van der Waals surface area (Å²) < 4.78 is 1.70. The molecule has 1 fully saturated rings. The van der Waals surface area contributed by atoms with Crippen LogP contribution in [0.4, 0.5) is 5.82 Å². The zero-order chi connectivity index (χ0) is 18.7. The Hall–Kier alpha value is -3.14. The van der Waals surface area contributed by atoms with Gasteiger partial charge in [0.25, 0.3) is 5.91 Å². The molecule has 134 valence electrons. The average Bonchev–Trinajstić information content (AvgIpc) is 2.88. The fraction of sp³-hybridized carbons (Fsp3) is 0.368. The van der Waals surface area contributed by atoms with Crippen LogP contribution in [0.3, 0.4) is 0 Å². The predicted molar refractivity (Wildman–Crippen MR) is 97.1 cm³/mol. The van der Waals surface area contributed by atoms with Gasteiger partial charge in [0, 0.05) is 51.2 Å². The highest BCUT2D eigenvalue weighted by atomic mass is 16.2. The van der Waals surface area contributed by atoms with Crippen LogP contribution in [-0.4, -0.2) is 52.3 Å². The second kappa shape index (κ2) is 7.40. The van der Waals surface area contributed by atoms with Crippen molar-refractivity contribution in [2.45, 2.75) is 13.3 Å². The van der Waals surface area contributed by atoms with Gasteiger partial charge in [0.2, 0.25) is 0 Å². The third-order valence-electron chi connectivity index (χ3n) is 4.62. The number of hydrogen-bond acceptors (Lipinski definition) is 5. The molecule has 7 nitrogen and oxygen atoms in total. The number of aromatic nitrogens is 2. The predicted octanol–water partition coefficient (Wildman–Crippen LogP) is 1.85. The van der Waals surface area contributed by atoms with E-state index in [1.807, 2.05) is 0 Å². The summed E-state index contributed by atoms with van der Waals surface area (Å²) in [5.74, 6) is 0.534. The molecule has 0 unspecified atom stereocenters. The van der Waals surface area contributed by atoms with Crippen molar-refractivity contribution in [1.82, 2.24) is 14.5 Å².